The van der Waals surface area contributed by atoms with E-state index < -0.39 is 0 Å². The van der Waals surface area contributed by atoms with Crippen LogP contribution in [0.5, 0.6) is 11.5 Å². The third kappa shape index (κ3) is 13.1. The Morgan fingerprint density at radius 1 is 0.245 bits per heavy atom. The van der Waals surface area contributed by atoms with Gasteiger partial charge in [0.15, 0.2) is 0 Å². The van der Waals surface area contributed by atoms with E-state index in [2.05, 4.69) is 404 Å². The summed E-state index contributed by atoms with van der Waals surface area (Å²) in [7, 11) is 0. The first-order chi connectivity index (χ1) is 49.6. The Hall–Kier alpha value is -9.10. The molecular formula is C98H108B2N4OS. The molecule has 0 radical (unpaired) electrons. The zero-order valence-corrected chi connectivity index (χ0v) is 68.4. The molecule has 0 N–H and O–H groups in total. The van der Waals surface area contributed by atoms with Crippen LogP contribution in [0.2, 0.25) is 0 Å². The molecule has 5 nitrogen and oxygen atoms in total. The van der Waals surface area contributed by atoms with Crippen molar-refractivity contribution in [1.29, 1.82) is 0 Å². The number of anilines is 12. The van der Waals surface area contributed by atoms with Crippen molar-refractivity contribution in [3.63, 3.8) is 0 Å². The van der Waals surface area contributed by atoms with Gasteiger partial charge in [-0.3, -0.25) is 0 Å². The zero-order valence-electron chi connectivity index (χ0n) is 67.5. The third-order valence-electron chi connectivity index (χ3n) is 22.8. The highest BCUT2D eigenvalue weighted by Gasteiger charge is 2.48. The van der Waals surface area contributed by atoms with E-state index in [0.717, 1.165) is 68.4 Å². The third-order valence-corrected chi connectivity index (χ3v) is 24.0. The van der Waals surface area contributed by atoms with E-state index in [4.69, 9.17) is 4.74 Å². The normalized spacial score (nSPS) is 14.2. The standard InChI is InChI=1S/C98H108B2N4OS/c1-91(2,3)61-25-39-69(40-26-61)101(70-41-27-62(28-42-70)92(4,5)6)75-55-83-89-84(56-75)104(74-49-35-66(36-50-74)96(16,17)18)82-60-87-80(59-78(82)99(89)77-53-67(97(19,20)21)37-51-81(77)103(83)73-47-33-65(34-48-73)95(13,14)15)100-79-54-68(98(22,23)24)38-52-85(79)105-86-57-76(58-88(106-87)90(86)100)102(71-43-29-63(30-44-71)93(7,8)9)72-45-31-64(32-46-72)94(10,11)12/h25-60H,1-24H3. The molecule has 0 amide bonds. The van der Waals surface area contributed by atoms with Crippen LogP contribution in [0.4, 0.5) is 68.2 Å². The lowest BCUT2D eigenvalue weighted by atomic mass is 9.31. The van der Waals surface area contributed by atoms with Crippen LogP contribution in [0.3, 0.4) is 0 Å². The fourth-order valence-corrected chi connectivity index (χ4v) is 17.5. The molecular weight excluding hydrogens is 1300 g/mol. The van der Waals surface area contributed by atoms with Gasteiger partial charge in [0.25, 0.3) is 13.4 Å². The molecule has 0 atom stereocenters. The predicted octanol–water partition coefficient (Wildman–Crippen LogP) is 24.2. The molecule has 15 rings (SSSR count). The van der Waals surface area contributed by atoms with Crippen LogP contribution in [0.1, 0.15) is 211 Å². The van der Waals surface area contributed by atoms with Gasteiger partial charge >= 0.3 is 0 Å². The van der Waals surface area contributed by atoms with E-state index >= 15 is 0 Å². The molecule has 538 valence electrons. The highest BCUT2D eigenvalue weighted by molar-refractivity contribution is 8.00. The van der Waals surface area contributed by atoms with Crippen LogP contribution in [-0.2, 0) is 43.3 Å². The van der Waals surface area contributed by atoms with Gasteiger partial charge in [-0.2, -0.15) is 0 Å². The highest BCUT2D eigenvalue weighted by Crippen LogP contribution is 2.52. The molecule has 0 bridgehead atoms. The maximum Gasteiger partial charge on any atom is 0.253 e. The van der Waals surface area contributed by atoms with Crippen molar-refractivity contribution >= 4 is 126 Å². The van der Waals surface area contributed by atoms with Crippen LogP contribution >= 0.6 is 11.8 Å². The molecule has 0 spiro atoms. The number of nitrogens with zero attached hydrogens (tertiary/aromatic N) is 4. The van der Waals surface area contributed by atoms with Crippen molar-refractivity contribution in [3.05, 3.63) is 263 Å². The molecule has 0 saturated carbocycles. The summed E-state index contributed by atoms with van der Waals surface area (Å²) in [5.74, 6) is 1.79. The lowest BCUT2D eigenvalue weighted by Gasteiger charge is -2.46. The number of rotatable bonds is 8. The molecule has 0 aliphatic carbocycles. The van der Waals surface area contributed by atoms with Crippen molar-refractivity contribution in [2.75, 3.05) is 19.6 Å². The summed E-state index contributed by atoms with van der Waals surface area (Å²) in [6.45, 7) is 55.4. The Kier molecular flexibility index (Phi) is 17.3. The second kappa shape index (κ2) is 25.3. The van der Waals surface area contributed by atoms with Crippen LogP contribution in [0, 0.1) is 0 Å². The molecule has 0 saturated heterocycles. The minimum absolute atomic E-state index is 0.00860. The van der Waals surface area contributed by atoms with Gasteiger partial charge < -0.3 is 24.3 Å². The number of fused-ring (bicyclic) bond motifs is 8. The molecule has 11 aromatic carbocycles. The van der Waals surface area contributed by atoms with Crippen molar-refractivity contribution in [1.82, 2.24) is 0 Å². The van der Waals surface area contributed by atoms with Gasteiger partial charge in [0, 0.05) is 72.7 Å². The van der Waals surface area contributed by atoms with Gasteiger partial charge in [-0.25, -0.2) is 0 Å². The number of hydrogen-bond donors (Lipinski definition) is 0. The second-order valence-corrected chi connectivity index (χ2v) is 40.0. The fraction of sp³-hybridized carbons (Fsp3) is 0.327. The second-order valence-electron chi connectivity index (χ2n) is 38.9. The first kappa shape index (κ1) is 72.5. The quantitative estimate of drug-likeness (QED) is 0.140. The van der Waals surface area contributed by atoms with E-state index in [-0.39, 0.29) is 56.7 Å². The van der Waals surface area contributed by atoms with Crippen LogP contribution in [-0.4, -0.2) is 13.4 Å². The number of hydrogen-bond acceptors (Lipinski definition) is 6. The van der Waals surface area contributed by atoms with Gasteiger partial charge in [0.2, 0.25) is 0 Å². The van der Waals surface area contributed by atoms with Gasteiger partial charge in [0.1, 0.15) is 11.5 Å². The van der Waals surface area contributed by atoms with Crippen molar-refractivity contribution in [2.45, 2.75) is 219 Å². The Morgan fingerprint density at radius 3 is 0.953 bits per heavy atom. The van der Waals surface area contributed by atoms with Gasteiger partial charge in [0.05, 0.1) is 11.4 Å². The summed E-state index contributed by atoms with van der Waals surface area (Å²) in [5.41, 5.74) is 30.9. The maximum absolute atomic E-state index is 7.48. The Labute approximate surface area is 640 Å². The number of ether oxygens (including phenoxy) is 1. The van der Waals surface area contributed by atoms with E-state index in [1.54, 1.807) is 0 Å². The summed E-state index contributed by atoms with van der Waals surface area (Å²) >= 11 is 1.90. The summed E-state index contributed by atoms with van der Waals surface area (Å²) in [6, 6.07) is 85.9. The maximum atomic E-state index is 7.48. The van der Waals surface area contributed by atoms with Crippen molar-refractivity contribution < 1.29 is 4.74 Å². The van der Waals surface area contributed by atoms with Gasteiger partial charge in [-0.05, 0) is 224 Å². The van der Waals surface area contributed by atoms with E-state index in [1.165, 1.54) is 98.5 Å². The minimum Gasteiger partial charge on any atom is -0.458 e. The summed E-state index contributed by atoms with van der Waals surface area (Å²) in [6.07, 6.45) is 0. The molecule has 106 heavy (non-hydrogen) atoms. The Morgan fingerprint density at radius 2 is 0.566 bits per heavy atom. The molecule has 11 aromatic rings. The van der Waals surface area contributed by atoms with Gasteiger partial charge in [-0.1, -0.05) is 287 Å². The average molecular weight is 1410 g/mol. The fourth-order valence-electron chi connectivity index (χ4n) is 16.3. The molecule has 4 aliphatic rings. The van der Waals surface area contributed by atoms with Crippen LogP contribution < -0.4 is 57.1 Å². The molecule has 8 heteroatoms. The van der Waals surface area contributed by atoms with E-state index in [1.807, 2.05) is 11.8 Å². The molecule has 4 heterocycles. The predicted molar refractivity (Wildman–Crippen MR) is 461 cm³/mol. The first-order valence-electron chi connectivity index (χ1n) is 38.6. The monoisotopic (exact) mass is 1410 g/mol. The van der Waals surface area contributed by atoms with Gasteiger partial charge in [-0.15, -0.1) is 0 Å². The Balaban J connectivity index is 1.04. The summed E-state index contributed by atoms with van der Waals surface area (Å²) in [5, 5.41) is 0. The first-order valence-corrected chi connectivity index (χ1v) is 39.4. The lowest BCUT2D eigenvalue weighted by molar-refractivity contribution is 0.485. The summed E-state index contributed by atoms with van der Waals surface area (Å²) in [4.78, 5) is 12.7. The molecule has 4 aliphatic heterocycles. The molecule has 0 aromatic heterocycles. The smallest absolute Gasteiger partial charge is 0.253 e. The van der Waals surface area contributed by atoms with Crippen LogP contribution in [0.25, 0.3) is 0 Å². The highest BCUT2D eigenvalue weighted by atomic mass is 32.2. The number of benzene rings is 11. The SMILES string of the molecule is CC(C)(C)c1ccc(N(c2ccc(C(C)(C)C)cc2)c2cc3c4c(c2)Sc2cc5c(cc2B4c2cc(C(C)(C)C)ccc2O3)B2c3cc(C(C)(C)C)ccc3N(c3ccc(C(C)(C)C)cc3)c3cc(N(c4ccc(C(C)(C)C)cc4)c4ccc(C(C)(C)C)cc4)cc(c32)N5c2ccc(C(C)(C)C)cc2)cc1. The van der Waals surface area contributed by atoms with Crippen LogP contribution in [0.15, 0.2) is 228 Å². The Bertz CT molecular complexity index is 5120. The average Bonchev–Trinajstić information content (AvgIpc) is 0.687. The lowest BCUT2D eigenvalue weighted by Crippen LogP contribution is -2.64. The zero-order chi connectivity index (χ0) is 75.7. The van der Waals surface area contributed by atoms with E-state index in [9.17, 15) is 0 Å². The summed E-state index contributed by atoms with van der Waals surface area (Å²) < 4.78 is 7.48. The van der Waals surface area contributed by atoms with Crippen molar-refractivity contribution in [3.8, 4) is 11.5 Å². The van der Waals surface area contributed by atoms with Crippen molar-refractivity contribution in [2.24, 2.45) is 0 Å². The largest absolute Gasteiger partial charge is 0.458 e. The van der Waals surface area contributed by atoms with E-state index in [0.29, 0.717) is 0 Å². The topological polar surface area (TPSA) is 22.2 Å². The minimum atomic E-state index is -0.186. The molecule has 0 unspecified atom stereocenters. The molecule has 0 fully saturated rings.